The Morgan fingerprint density at radius 3 is 2.89 bits per heavy atom. The van der Waals surface area contributed by atoms with Crippen molar-refractivity contribution < 1.29 is 14.3 Å². The lowest BCUT2D eigenvalue weighted by Crippen LogP contribution is -2.39. The third kappa shape index (κ3) is 4.16. The van der Waals surface area contributed by atoms with Gasteiger partial charge in [0.15, 0.2) is 5.79 Å². The molecule has 0 spiro atoms. The molecule has 0 bridgehead atoms. The highest BCUT2D eigenvalue weighted by atomic mass is 32.1. The van der Waals surface area contributed by atoms with E-state index in [4.69, 9.17) is 9.47 Å². The number of amides is 1. The van der Waals surface area contributed by atoms with Gasteiger partial charge in [-0.05, 0) is 26.0 Å². The lowest BCUT2D eigenvalue weighted by Gasteiger charge is -2.25. The van der Waals surface area contributed by atoms with Crippen LogP contribution in [0.3, 0.4) is 0 Å². The second-order valence-corrected chi connectivity index (χ2v) is 7.93. The van der Waals surface area contributed by atoms with E-state index in [1.165, 1.54) is 11.3 Å². The highest BCUT2D eigenvalue weighted by Crippen LogP contribution is 2.24. The molecular weight excluding hydrogens is 362 g/mol. The van der Waals surface area contributed by atoms with Crippen LogP contribution in [-0.2, 0) is 16.0 Å². The molecule has 27 heavy (non-hydrogen) atoms. The molecule has 6 nitrogen and oxygen atoms in total. The Kier molecular flexibility index (Phi) is 4.90. The van der Waals surface area contributed by atoms with Crippen LogP contribution in [0.1, 0.15) is 29.3 Å². The molecule has 140 valence electrons. The molecule has 2 aromatic heterocycles. The second-order valence-electron chi connectivity index (χ2n) is 6.95. The molecule has 0 saturated carbocycles. The van der Waals surface area contributed by atoms with E-state index < -0.39 is 5.79 Å². The topological polar surface area (TPSA) is 64.5 Å². The summed E-state index contributed by atoms with van der Waals surface area (Å²) in [5.41, 5.74) is 1.22. The summed E-state index contributed by atoms with van der Waals surface area (Å²) >= 11 is 1.53. The maximum Gasteiger partial charge on any atom is 0.272 e. The summed E-state index contributed by atoms with van der Waals surface area (Å²) in [7, 11) is 0. The number of hydrogen-bond acceptors (Lipinski definition) is 6. The van der Waals surface area contributed by atoms with Crippen molar-refractivity contribution >= 4 is 28.1 Å². The van der Waals surface area contributed by atoms with Gasteiger partial charge in [-0.15, -0.1) is 11.3 Å². The van der Waals surface area contributed by atoms with Crippen molar-refractivity contribution in [2.45, 2.75) is 32.3 Å². The first kappa shape index (κ1) is 18.0. The van der Waals surface area contributed by atoms with Crippen LogP contribution in [0.15, 0.2) is 48.0 Å². The van der Waals surface area contributed by atoms with E-state index in [0.717, 1.165) is 15.9 Å². The molecule has 0 N–H and O–H groups in total. The molecular formula is C20H21N3O3S. The molecule has 1 fully saturated rings. The fourth-order valence-electron chi connectivity index (χ4n) is 3.16. The SMILES string of the molecule is CC1(C)OC[C@H](CN(Cc2nccs2)C(=O)c2ccc3ccccc3n2)O1. The summed E-state index contributed by atoms with van der Waals surface area (Å²) in [4.78, 5) is 23.8. The van der Waals surface area contributed by atoms with Gasteiger partial charge in [0.1, 0.15) is 16.8 Å². The number of ether oxygens (including phenoxy) is 2. The van der Waals surface area contributed by atoms with Crippen LogP contribution in [-0.4, -0.2) is 45.8 Å². The van der Waals surface area contributed by atoms with E-state index in [1.54, 1.807) is 17.2 Å². The standard InChI is InChI=1S/C20H21N3O3S/c1-20(2)25-13-15(26-20)11-23(12-18-21-9-10-27-18)19(24)17-8-7-14-5-3-4-6-16(14)22-17/h3-10,15H,11-13H2,1-2H3/t15-/m0/s1. The van der Waals surface area contributed by atoms with E-state index in [0.29, 0.717) is 25.4 Å². The number of para-hydroxylation sites is 1. The maximum atomic E-state index is 13.2. The predicted octanol–water partition coefficient (Wildman–Crippen LogP) is 3.49. The van der Waals surface area contributed by atoms with Gasteiger partial charge in [0.25, 0.3) is 5.91 Å². The van der Waals surface area contributed by atoms with Gasteiger partial charge in [-0.3, -0.25) is 4.79 Å². The smallest absolute Gasteiger partial charge is 0.272 e. The molecule has 1 aromatic carbocycles. The van der Waals surface area contributed by atoms with Gasteiger partial charge in [-0.25, -0.2) is 9.97 Å². The zero-order valence-electron chi connectivity index (χ0n) is 15.3. The molecule has 1 amide bonds. The predicted molar refractivity (Wildman–Crippen MR) is 104 cm³/mol. The maximum absolute atomic E-state index is 13.2. The number of benzene rings is 1. The fraction of sp³-hybridized carbons (Fsp3) is 0.350. The first-order chi connectivity index (χ1) is 13.0. The summed E-state index contributed by atoms with van der Waals surface area (Å²) < 4.78 is 11.5. The van der Waals surface area contributed by atoms with Crippen LogP contribution < -0.4 is 0 Å². The van der Waals surface area contributed by atoms with Crippen molar-refractivity contribution in [2.75, 3.05) is 13.2 Å². The van der Waals surface area contributed by atoms with Crippen LogP contribution in [0.4, 0.5) is 0 Å². The van der Waals surface area contributed by atoms with Gasteiger partial charge in [0.05, 0.1) is 25.2 Å². The summed E-state index contributed by atoms with van der Waals surface area (Å²) in [5, 5.41) is 3.79. The Morgan fingerprint density at radius 1 is 1.30 bits per heavy atom. The third-order valence-corrected chi connectivity index (χ3v) is 5.17. The summed E-state index contributed by atoms with van der Waals surface area (Å²) in [5.74, 6) is -0.758. The molecule has 4 rings (SSSR count). The number of fused-ring (bicyclic) bond motifs is 1. The fourth-order valence-corrected chi connectivity index (χ4v) is 3.79. The van der Waals surface area contributed by atoms with Crippen molar-refractivity contribution in [3.8, 4) is 0 Å². The monoisotopic (exact) mass is 383 g/mol. The zero-order chi connectivity index (χ0) is 18.9. The molecule has 1 aliphatic heterocycles. The Balaban J connectivity index is 1.58. The molecule has 1 saturated heterocycles. The minimum absolute atomic E-state index is 0.135. The Morgan fingerprint density at radius 2 is 2.15 bits per heavy atom. The molecule has 3 heterocycles. The molecule has 7 heteroatoms. The highest BCUT2D eigenvalue weighted by molar-refractivity contribution is 7.09. The Hall–Kier alpha value is -2.35. The van der Waals surface area contributed by atoms with E-state index in [9.17, 15) is 4.79 Å². The number of carbonyl (C=O) groups excluding carboxylic acids is 1. The van der Waals surface area contributed by atoms with Crippen molar-refractivity contribution in [1.82, 2.24) is 14.9 Å². The molecule has 0 radical (unpaired) electrons. The van der Waals surface area contributed by atoms with Crippen LogP contribution in [0.2, 0.25) is 0 Å². The highest BCUT2D eigenvalue weighted by Gasteiger charge is 2.35. The van der Waals surface area contributed by atoms with Gasteiger partial charge in [-0.2, -0.15) is 0 Å². The van der Waals surface area contributed by atoms with Crippen molar-refractivity contribution in [2.24, 2.45) is 0 Å². The van der Waals surface area contributed by atoms with Crippen LogP contribution >= 0.6 is 11.3 Å². The summed E-state index contributed by atoms with van der Waals surface area (Å²) in [6.07, 6.45) is 1.57. The number of rotatable bonds is 5. The number of pyridine rings is 1. The van der Waals surface area contributed by atoms with Gasteiger partial charge in [0.2, 0.25) is 0 Å². The van der Waals surface area contributed by atoms with Crippen molar-refractivity contribution in [3.63, 3.8) is 0 Å². The molecule has 1 atom stereocenters. The molecule has 0 aliphatic carbocycles. The summed E-state index contributed by atoms with van der Waals surface area (Å²) in [6, 6.07) is 11.5. The Labute approximate surface area is 161 Å². The lowest BCUT2D eigenvalue weighted by molar-refractivity contribution is -0.139. The molecule has 3 aromatic rings. The van der Waals surface area contributed by atoms with Gasteiger partial charge in [-0.1, -0.05) is 24.3 Å². The third-order valence-electron chi connectivity index (χ3n) is 4.41. The second kappa shape index (κ2) is 7.34. The minimum atomic E-state index is -0.623. The normalized spacial score (nSPS) is 18.7. The molecule has 1 aliphatic rings. The van der Waals surface area contributed by atoms with Gasteiger partial charge < -0.3 is 14.4 Å². The number of carbonyl (C=O) groups is 1. The summed E-state index contributed by atoms with van der Waals surface area (Å²) in [6.45, 7) is 5.07. The quantitative estimate of drug-likeness (QED) is 0.675. The van der Waals surface area contributed by atoms with E-state index in [2.05, 4.69) is 9.97 Å². The van der Waals surface area contributed by atoms with E-state index >= 15 is 0 Å². The first-order valence-corrected chi connectivity index (χ1v) is 9.73. The largest absolute Gasteiger partial charge is 0.348 e. The first-order valence-electron chi connectivity index (χ1n) is 8.85. The number of nitrogens with zero attached hydrogens (tertiary/aromatic N) is 3. The average molecular weight is 383 g/mol. The number of hydrogen-bond donors (Lipinski definition) is 0. The van der Waals surface area contributed by atoms with Crippen LogP contribution in [0.5, 0.6) is 0 Å². The van der Waals surface area contributed by atoms with Crippen molar-refractivity contribution in [3.05, 3.63) is 58.7 Å². The van der Waals surface area contributed by atoms with E-state index in [-0.39, 0.29) is 12.0 Å². The molecule has 0 unspecified atom stereocenters. The van der Waals surface area contributed by atoms with Gasteiger partial charge in [0, 0.05) is 17.0 Å². The lowest BCUT2D eigenvalue weighted by atomic mass is 10.2. The number of thiazole rings is 1. The van der Waals surface area contributed by atoms with Crippen LogP contribution in [0, 0.1) is 0 Å². The zero-order valence-corrected chi connectivity index (χ0v) is 16.1. The van der Waals surface area contributed by atoms with E-state index in [1.807, 2.05) is 49.6 Å². The average Bonchev–Trinajstić information content (AvgIpc) is 3.29. The minimum Gasteiger partial charge on any atom is -0.348 e. The Bertz CT molecular complexity index is 943. The number of aromatic nitrogens is 2. The van der Waals surface area contributed by atoms with Crippen molar-refractivity contribution in [1.29, 1.82) is 0 Å². The van der Waals surface area contributed by atoms with Crippen LogP contribution in [0.25, 0.3) is 10.9 Å². The van der Waals surface area contributed by atoms with Gasteiger partial charge >= 0.3 is 0 Å².